The monoisotopic (exact) mass is 333 g/mol. The van der Waals surface area contributed by atoms with Gasteiger partial charge in [-0.2, -0.15) is 0 Å². The number of aliphatic carboxylic acids is 1. The van der Waals surface area contributed by atoms with Crippen LogP contribution in [0.4, 0.5) is 5.69 Å². The Hall–Kier alpha value is -2.08. The summed E-state index contributed by atoms with van der Waals surface area (Å²) in [5, 5.41) is 14.9. The fourth-order valence-electron chi connectivity index (χ4n) is 3.00. The van der Waals surface area contributed by atoms with Gasteiger partial charge in [0, 0.05) is 25.3 Å². The van der Waals surface area contributed by atoms with E-state index < -0.39 is 12.0 Å². The number of carbonyl (C=O) groups is 2. The molecule has 1 heterocycles. The van der Waals surface area contributed by atoms with E-state index in [9.17, 15) is 14.7 Å². The number of fused-ring (bicyclic) bond motifs is 1. The van der Waals surface area contributed by atoms with Gasteiger partial charge in [-0.1, -0.05) is 38.5 Å². The molecule has 1 aromatic carbocycles. The van der Waals surface area contributed by atoms with E-state index in [1.165, 1.54) is 11.3 Å². The number of anilines is 1. The van der Waals surface area contributed by atoms with Crippen LogP contribution >= 0.6 is 0 Å². The fraction of sp³-hybridized carbons (Fsp3) is 0.556. The number of hydrogen-bond donors (Lipinski definition) is 3. The van der Waals surface area contributed by atoms with Gasteiger partial charge in [0.05, 0.1) is 6.54 Å². The van der Waals surface area contributed by atoms with Crippen LogP contribution in [0.1, 0.15) is 25.8 Å². The van der Waals surface area contributed by atoms with E-state index in [2.05, 4.69) is 27.7 Å². The van der Waals surface area contributed by atoms with E-state index in [4.69, 9.17) is 0 Å². The molecular formula is C18H27N3O3. The number of nitrogens with zero attached hydrogens (tertiary/aromatic N) is 1. The van der Waals surface area contributed by atoms with Gasteiger partial charge in [-0.25, -0.2) is 0 Å². The minimum Gasteiger partial charge on any atom is -0.480 e. The number of carboxylic acid groups (broad SMARTS) is 1. The summed E-state index contributed by atoms with van der Waals surface area (Å²) in [7, 11) is 0. The maximum Gasteiger partial charge on any atom is 0.320 e. The van der Waals surface area contributed by atoms with Crippen molar-refractivity contribution in [3.8, 4) is 0 Å². The second-order valence-electron chi connectivity index (χ2n) is 6.30. The molecule has 0 spiro atoms. The van der Waals surface area contributed by atoms with Crippen LogP contribution in [0.3, 0.4) is 0 Å². The van der Waals surface area contributed by atoms with Crippen LogP contribution in [0.2, 0.25) is 0 Å². The quantitative estimate of drug-likeness (QED) is 0.634. The fourth-order valence-corrected chi connectivity index (χ4v) is 3.00. The molecule has 3 N–H and O–H groups in total. The molecule has 24 heavy (non-hydrogen) atoms. The van der Waals surface area contributed by atoms with Crippen LogP contribution in [0.25, 0.3) is 0 Å². The Morgan fingerprint density at radius 2 is 2.08 bits per heavy atom. The SMILES string of the molecule is CC[C@H](C)[C@H](NCC(=O)NCCN1CCc2ccccc21)C(=O)O. The van der Waals surface area contributed by atoms with Crippen LogP contribution in [0, 0.1) is 5.92 Å². The summed E-state index contributed by atoms with van der Waals surface area (Å²) in [6.07, 6.45) is 1.79. The predicted octanol–water partition coefficient (Wildman–Crippen LogP) is 1.25. The molecule has 0 unspecified atom stereocenters. The Kier molecular flexibility index (Phi) is 6.61. The molecule has 1 aliphatic heterocycles. The van der Waals surface area contributed by atoms with Crippen molar-refractivity contribution in [2.45, 2.75) is 32.7 Å². The van der Waals surface area contributed by atoms with Gasteiger partial charge in [0.25, 0.3) is 0 Å². The van der Waals surface area contributed by atoms with Gasteiger partial charge in [-0.3, -0.25) is 14.9 Å². The summed E-state index contributed by atoms with van der Waals surface area (Å²) in [5.74, 6) is -1.10. The van der Waals surface area contributed by atoms with Gasteiger partial charge in [0.1, 0.15) is 6.04 Å². The Morgan fingerprint density at radius 1 is 1.33 bits per heavy atom. The second kappa shape index (κ2) is 8.68. The van der Waals surface area contributed by atoms with Crippen LogP contribution in [-0.2, 0) is 16.0 Å². The van der Waals surface area contributed by atoms with Crippen LogP contribution in [0.15, 0.2) is 24.3 Å². The normalized spacial score (nSPS) is 15.7. The molecule has 0 radical (unpaired) electrons. The molecule has 1 aromatic rings. The maximum absolute atomic E-state index is 11.9. The van der Waals surface area contributed by atoms with Crippen LogP contribution < -0.4 is 15.5 Å². The molecule has 2 rings (SSSR count). The van der Waals surface area contributed by atoms with Crippen molar-refractivity contribution in [1.82, 2.24) is 10.6 Å². The largest absolute Gasteiger partial charge is 0.480 e. The highest BCUT2D eigenvalue weighted by Gasteiger charge is 2.23. The van der Waals surface area contributed by atoms with E-state index in [0.717, 1.165) is 25.9 Å². The number of para-hydroxylation sites is 1. The Bertz CT molecular complexity index is 576. The van der Waals surface area contributed by atoms with Gasteiger partial charge in [0.15, 0.2) is 0 Å². The van der Waals surface area contributed by atoms with E-state index >= 15 is 0 Å². The molecule has 0 saturated heterocycles. The summed E-state index contributed by atoms with van der Waals surface area (Å²) in [5.41, 5.74) is 2.59. The summed E-state index contributed by atoms with van der Waals surface area (Å²) >= 11 is 0. The molecule has 1 aliphatic rings. The molecule has 0 aliphatic carbocycles. The molecule has 0 saturated carbocycles. The van der Waals surface area contributed by atoms with Crippen molar-refractivity contribution in [3.63, 3.8) is 0 Å². The lowest BCUT2D eigenvalue weighted by atomic mass is 9.99. The lowest BCUT2D eigenvalue weighted by Crippen LogP contribution is -2.47. The molecule has 0 aromatic heterocycles. The summed E-state index contributed by atoms with van der Waals surface area (Å²) in [6, 6.07) is 7.63. The zero-order valence-electron chi connectivity index (χ0n) is 14.4. The number of rotatable bonds is 9. The first-order chi connectivity index (χ1) is 11.5. The van der Waals surface area contributed by atoms with E-state index in [0.29, 0.717) is 6.54 Å². The first-order valence-corrected chi connectivity index (χ1v) is 8.58. The predicted molar refractivity (Wildman–Crippen MR) is 94.3 cm³/mol. The molecule has 132 valence electrons. The van der Waals surface area contributed by atoms with Crippen molar-refractivity contribution in [1.29, 1.82) is 0 Å². The van der Waals surface area contributed by atoms with Gasteiger partial charge >= 0.3 is 5.97 Å². The molecule has 0 fully saturated rings. The van der Waals surface area contributed by atoms with Crippen molar-refractivity contribution in [2.75, 3.05) is 31.1 Å². The second-order valence-corrected chi connectivity index (χ2v) is 6.30. The van der Waals surface area contributed by atoms with Gasteiger partial charge in [-0.15, -0.1) is 0 Å². The lowest BCUT2D eigenvalue weighted by Gasteiger charge is -2.21. The number of hydrogen-bond acceptors (Lipinski definition) is 4. The number of benzene rings is 1. The maximum atomic E-state index is 11.9. The molecule has 1 amide bonds. The van der Waals surface area contributed by atoms with E-state index in [1.54, 1.807) is 0 Å². The van der Waals surface area contributed by atoms with Crippen molar-refractivity contribution in [2.24, 2.45) is 5.92 Å². The van der Waals surface area contributed by atoms with E-state index in [-0.39, 0.29) is 18.4 Å². The average Bonchev–Trinajstić information content (AvgIpc) is 2.98. The summed E-state index contributed by atoms with van der Waals surface area (Å²) in [4.78, 5) is 25.4. The highest BCUT2D eigenvalue weighted by atomic mass is 16.4. The average molecular weight is 333 g/mol. The first-order valence-electron chi connectivity index (χ1n) is 8.58. The molecule has 6 heteroatoms. The Morgan fingerprint density at radius 3 is 2.79 bits per heavy atom. The summed E-state index contributed by atoms with van der Waals surface area (Å²) < 4.78 is 0. The smallest absolute Gasteiger partial charge is 0.320 e. The zero-order valence-corrected chi connectivity index (χ0v) is 14.4. The van der Waals surface area contributed by atoms with Crippen LogP contribution in [-0.4, -0.2) is 49.2 Å². The topological polar surface area (TPSA) is 81.7 Å². The first kappa shape index (κ1) is 18.3. The van der Waals surface area contributed by atoms with Gasteiger partial charge in [0.2, 0.25) is 5.91 Å². The van der Waals surface area contributed by atoms with Crippen LogP contribution in [0.5, 0.6) is 0 Å². The van der Waals surface area contributed by atoms with Gasteiger partial charge in [-0.05, 0) is 24.0 Å². The zero-order chi connectivity index (χ0) is 17.5. The minimum atomic E-state index is -0.911. The number of carbonyl (C=O) groups excluding carboxylic acids is 1. The van der Waals surface area contributed by atoms with Crippen molar-refractivity contribution in [3.05, 3.63) is 29.8 Å². The number of amides is 1. The Balaban J connectivity index is 1.71. The molecule has 2 atom stereocenters. The number of nitrogens with one attached hydrogen (secondary N) is 2. The Labute approximate surface area is 143 Å². The lowest BCUT2D eigenvalue weighted by molar-refractivity contribution is -0.140. The third-order valence-electron chi connectivity index (χ3n) is 4.65. The highest BCUT2D eigenvalue weighted by molar-refractivity contribution is 5.80. The molecule has 6 nitrogen and oxygen atoms in total. The molecule has 0 bridgehead atoms. The van der Waals surface area contributed by atoms with Gasteiger partial charge < -0.3 is 15.3 Å². The van der Waals surface area contributed by atoms with Crippen molar-refractivity contribution < 1.29 is 14.7 Å². The van der Waals surface area contributed by atoms with E-state index in [1.807, 2.05) is 26.0 Å². The minimum absolute atomic E-state index is 0.0172. The molecular weight excluding hydrogens is 306 g/mol. The third-order valence-corrected chi connectivity index (χ3v) is 4.65. The third kappa shape index (κ3) is 4.71. The summed E-state index contributed by atoms with van der Waals surface area (Å²) in [6.45, 7) is 6.12. The highest BCUT2D eigenvalue weighted by Crippen LogP contribution is 2.26. The van der Waals surface area contributed by atoms with Crippen molar-refractivity contribution >= 4 is 17.6 Å². The number of carboxylic acids is 1. The standard InChI is InChI=1S/C18H27N3O3/c1-3-13(2)17(18(23)24)20-12-16(22)19-9-11-21-10-8-14-6-4-5-7-15(14)21/h4-7,13,17,20H,3,8-12H2,1-2H3,(H,19,22)(H,23,24)/t13-,17-/m0/s1.